The first-order chi connectivity index (χ1) is 26.8. The zero-order chi connectivity index (χ0) is 36.4. The van der Waals surface area contributed by atoms with E-state index in [2.05, 4.69) is 109 Å². The standard InChI is InChI=1S/C48H40N2O4/c1-5-13-43-35(9-1)31-36-10-2-6-14-44(36)47(43)33-49-39-17-21-41(22-18-39)53-29-27-51-25-26-52-28-30-54-42-23-19-40(20-24-42)50-34-48-45-15-7-3-11-37(45)32-38-12-4-8-16-46(38)48/h1-24,31-34H,25-30H2. The average Bonchev–Trinajstić information content (AvgIpc) is 3.22. The van der Waals surface area contributed by atoms with E-state index in [0.717, 1.165) is 34.0 Å². The van der Waals surface area contributed by atoms with E-state index in [9.17, 15) is 0 Å². The molecule has 54 heavy (non-hydrogen) atoms. The first-order valence-electron chi connectivity index (χ1n) is 18.3. The topological polar surface area (TPSA) is 61.6 Å². The summed E-state index contributed by atoms with van der Waals surface area (Å²) in [7, 11) is 0. The Balaban J connectivity index is 0.727. The minimum Gasteiger partial charge on any atom is -0.491 e. The summed E-state index contributed by atoms with van der Waals surface area (Å²) in [4.78, 5) is 9.58. The molecule has 0 aromatic heterocycles. The molecule has 8 aromatic carbocycles. The summed E-state index contributed by atoms with van der Waals surface area (Å²) in [5, 5.41) is 9.57. The highest BCUT2D eigenvalue weighted by atomic mass is 16.6. The molecule has 6 nitrogen and oxygen atoms in total. The molecule has 0 radical (unpaired) electrons. The lowest BCUT2D eigenvalue weighted by atomic mass is 9.97. The van der Waals surface area contributed by atoms with Gasteiger partial charge in [0.05, 0.1) is 37.8 Å². The van der Waals surface area contributed by atoms with Gasteiger partial charge in [0.2, 0.25) is 0 Å². The molecule has 266 valence electrons. The molecule has 0 bridgehead atoms. The fraction of sp³-hybridized carbons (Fsp3) is 0.125. The van der Waals surface area contributed by atoms with E-state index in [1.165, 1.54) is 43.1 Å². The quantitative estimate of drug-likeness (QED) is 0.0604. The molecule has 0 heterocycles. The maximum Gasteiger partial charge on any atom is 0.119 e. The molecule has 0 aliphatic carbocycles. The Morgan fingerprint density at radius 2 is 0.667 bits per heavy atom. The molecule has 0 spiro atoms. The van der Waals surface area contributed by atoms with Crippen molar-refractivity contribution in [3.8, 4) is 11.5 Å². The lowest BCUT2D eigenvalue weighted by Gasteiger charge is -2.09. The third kappa shape index (κ3) is 8.31. The second-order valence-corrected chi connectivity index (χ2v) is 12.9. The maximum absolute atomic E-state index is 5.87. The van der Waals surface area contributed by atoms with Crippen LogP contribution in [0.4, 0.5) is 11.4 Å². The highest BCUT2D eigenvalue weighted by Gasteiger charge is 2.07. The van der Waals surface area contributed by atoms with Gasteiger partial charge in [-0.25, -0.2) is 0 Å². The second-order valence-electron chi connectivity index (χ2n) is 12.9. The van der Waals surface area contributed by atoms with Crippen molar-refractivity contribution in [1.82, 2.24) is 0 Å². The van der Waals surface area contributed by atoms with E-state index in [-0.39, 0.29) is 0 Å². The highest BCUT2D eigenvalue weighted by Crippen LogP contribution is 2.30. The average molecular weight is 709 g/mol. The molecule has 0 aliphatic rings. The number of hydrogen-bond acceptors (Lipinski definition) is 6. The van der Waals surface area contributed by atoms with Crippen LogP contribution in [0, 0.1) is 0 Å². The van der Waals surface area contributed by atoms with E-state index in [4.69, 9.17) is 28.9 Å². The van der Waals surface area contributed by atoms with Crippen LogP contribution >= 0.6 is 0 Å². The van der Waals surface area contributed by atoms with Crippen molar-refractivity contribution >= 4 is 66.9 Å². The van der Waals surface area contributed by atoms with Gasteiger partial charge >= 0.3 is 0 Å². The van der Waals surface area contributed by atoms with Gasteiger partial charge in [-0.2, -0.15) is 0 Å². The van der Waals surface area contributed by atoms with Crippen LogP contribution < -0.4 is 9.47 Å². The fourth-order valence-corrected chi connectivity index (χ4v) is 6.67. The number of rotatable bonds is 15. The number of hydrogen-bond donors (Lipinski definition) is 0. The number of fused-ring (bicyclic) bond motifs is 4. The van der Waals surface area contributed by atoms with E-state index < -0.39 is 0 Å². The number of nitrogens with zero attached hydrogens (tertiary/aromatic N) is 2. The summed E-state index contributed by atoms with van der Waals surface area (Å²) in [6, 6.07) is 53.8. The van der Waals surface area contributed by atoms with Crippen LogP contribution in [0.5, 0.6) is 11.5 Å². The highest BCUT2D eigenvalue weighted by molar-refractivity contribution is 6.14. The third-order valence-electron chi connectivity index (χ3n) is 9.35. The Bertz CT molecular complexity index is 2270. The minimum atomic E-state index is 0.451. The number of aliphatic imine (C=N–C) groups is 2. The molecule has 0 fully saturated rings. The van der Waals surface area contributed by atoms with E-state index >= 15 is 0 Å². The Hall–Kier alpha value is -6.34. The van der Waals surface area contributed by atoms with Crippen LogP contribution in [-0.2, 0) is 9.47 Å². The van der Waals surface area contributed by atoms with E-state index in [1.807, 2.05) is 61.0 Å². The Morgan fingerprint density at radius 1 is 0.352 bits per heavy atom. The minimum absolute atomic E-state index is 0.451. The van der Waals surface area contributed by atoms with Crippen molar-refractivity contribution in [2.75, 3.05) is 39.6 Å². The summed E-state index contributed by atoms with van der Waals surface area (Å²) >= 11 is 0. The van der Waals surface area contributed by atoms with Crippen molar-refractivity contribution < 1.29 is 18.9 Å². The van der Waals surface area contributed by atoms with Gasteiger partial charge in [0, 0.05) is 23.6 Å². The first kappa shape index (κ1) is 34.7. The van der Waals surface area contributed by atoms with Gasteiger partial charge in [-0.05, 0) is 104 Å². The SMILES string of the molecule is C(=Nc1ccc(OCCOCCOCCOc2ccc(N=Cc3c4ccccc4cc4ccccc34)cc2)cc1)c1c2ccccc2cc2ccccc12. The van der Waals surface area contributed by atoms with Gasteiger partial charge in [0.25, 0.3) is 0 Å². The molecule has 0 saturated carbocycles. The lowest BCUT2D eigenvalue weighted by molar-refractivity contribution is 0.0273. The molecule has 0 aliphatic heterocycles. The van der Waals surface area contributed by atoms with Crippen LogP contribution in [0.15, 0.2) is 168 Å². The van der Waals surface area contributed by atoms with Gasteiger partial charge < -0.3 is 18.9 Å². The van der Waals surface area contributed by atoms with Gasteiger partial charge in [-0.3, -0.25) is 9.98 Å². The van der Waals surface area contributed by atoms with Crippen LogP contribution in [0.1, 0.15) is 11.1 Å². The van der Waals surface area contributed by atoms with Crippen LogP contribution in [0.3, 0.4) is 0 Å². The second kappa shape index (κ2) is 17.0. The van der Waals surface area contributed by atoms with Crippen molar-refractivity contribution in [1.29, 1.82) is 0 Å². The summed E-state index contributed by atoms with van der Waals surface area (Å²) in [6.07, 6.45) is 3.93. The van der Waals surface area contributed by atoms with E-state index in [0.29, 0.717) is 39.6 Å². The van der Waals surface area contributed by atoms with Gasteiger partial charge in [0.15, 0.2) is 0 Å². The monoisotopic (exact) mass is 708 g/mol. The van der Waals surface area contributed by atoms with E-state index in [1.54, 1.807) is 0 Å². The van der Waals surface area contributed by atoms with Gasteiger partial charge in [0.1, 0.15) is 24.7 Å². The van der Waals surface area contributed by atoms with Crippen molar-refractivity contribution in [3.05, 3.63) is 169 Å². The summed E-state index contributed by atoms with van der Waals surface area (Å²) in [5.74, 6) is 1.56. The molecule has 8 rings (SSSR count). The largest absolute Gasteiger partial charge is 0.491 e. The lowest BCUT2D eigenvalue weighted by Crippen LogP contribution is -2.13. The fourth-order valence-electron chi connectivity index (χ4n) is 6.67. The Labute approximate surface area is 314 Å². The molecule has 0 amide bonds. The molecule has 6 heteroatoms. The number of benzene rings is 8. The van der Waals surface area contributed by atoms with Crippen LogP contribution in [-0.4, -0.2) is 52.1 Å². The maximum atomic E-state index is 5.87. The predicted octanol–water partition coefficient (Wildman–Crippen LogP) is 11.3. The molecule has 0 unspecified atom stereocenters. The van der Waals surface area contributed by atoms with Gasteiger partial charge in [-0.1, -0.05) is 97.1 Å². The Kier molecular flexibility index (Phi) is 10.9. The first-order valence-corrected chi connectivity index (χ1v) is 18.3. The van der Waals surface area contributed by atoms with Gasteiger partial charge in [-0.15, -0.1) is 0 Å². The normalized spacial score (nSPS) is 11.8. The molecule has 8 aromatic rings. The zero-order valence-electron chi connectivity index (χ0n) is 29.9. The van der Waals surface area contributed by atoms with Crippen molar-refractivity contribution in [3.63, 3.8) is 0 Å². The molecular weight excluding hydrogens is 669 g/mol. The summed E-state index contributed by atoms with van der Waals surface area (Å²) < 4.78 is 23.1. The zero-order valence-corrected chi connectivity index (χ0v) is 29.9. The van der Waals surface area contributed by atoms with Crippen LogP contribution in [0.2, 0.25) is 0 Å². The third-order valence-corrected chi connectivity index (χ3v) is 9.35. The summed E-state index contributed by atoms with van der Waals surface area (Å²) in [6.45, 7) is 2.81. The Morgan fingerprint density at radius 3 is 1.02 bits per heavy atom. The molecule has 0 saturated heterocycles. The van der Waals surface area contributed by atoms with Crippen molar-refractivity contribution in [2.24, 2.45) is 9.98 Å². The smallest absolute Gasteiger partial charge is 0.119 e. The molecular formula is C48H40N2O4. The van der Waals surface area contributed by atoms with Crippen LogP contribution in [0.25, 0.3) is 43.1 Å². The molecule has 0 atom stereocenters. The summed E-state index contributed by atoms with van der Waals surface area (Å²) in [5.41, 5.74) is 3.97. The van der Waals surface area contributed by atoms with Crippen molar-refractivity contribution in [2.45, 2.75) is 0 Å². The molecule has 0 N–H and O–H groups in total. The predicted molar refractivity (Wildman–Crippen MR) is 223 cm³/mol. The number of ether oxygens (including phenoxy) is 4.